The smallest absolute Gasteiger partial charge is 0.317 e. The number of piperidine rings is 1. The third-order valence-corrected chi connectivity index (χ3v) is 6.57. The number of rotatable bonds is 5. The van der Waals surface area contributed by atoms with Crippen LogP contribution in [0.15, 0.2) is 48.7 Å². The van der Waals surface area contributed by atoms with Crippen LogP contribution in [0.25, 0.3) is 0 Å². The van der Waals surface area contributed by atoms with E-state index in [1.807, 2.05) is 30.3 Å². The van der Waals surface area contributed by atoms with E-state index in [1.54, 1.807) is 0 Å². The number of carbonyl (C=O) groups excluding carboxylic acids is 1. The number of nitrogens with one attached hydrogen (secondary N) is 1. The third-order valence-electron chi connectivity index (χ3n) is 6.57. The number of para-hydroxylation sites is 1. The molecule has 31 heavy (non-hydrogen) atoms. The fourth-order valence-corrected chi connectivity index (χ4v) is 4.66. The van der Waals surface area contributed by atoms with Crippen molar-refractivity contribution in [3.8, 4) is 0 Å². The minimum absolute atomic E-state index is 0.00644. The van der Waals surface area contributed by atoms with Gasteiger partial charge in [-0.15, -0.1) is 0 Å². The summed E-state index contributed by atoms with van der Waals surface area (Å²) in [6, 6.07) is 14.8. The number of hydrogen-bond acceptors (Lipinski definition) is 4. The summed E-state index contributed by atoms with van der Waals surface area (Å²) in [5.74, 6) is 1.03. The Kier molecular flexibility index (Phi) is 7.28. The molecule has 2 fully saturated rings. The fourth-order valence-electron chi connectivity index (χ4n) is 4.66. The zero-order chi connectivity index (χ0) is 21.5. The average molecular weight is 422 g/mol. The molecule has 0 bridgehead atoms. The van der Waals surface area contributed by atoms with Crippen LogP contribution < -0.4 is 15.1 Å². The first-order chi connectivity index (χ1) is 15.2. The Morgan fingerprint density at radius 3 is 2.55 bits per heavy atom. The summed E-state index contributed by atoms with van der Waals surface area (Å²) >= 11 is 0. The zero-order valence-electron chi connectivity index (χ0n) is 18.7. The lowest BCUT2D eigenvalue weighted by Crippen LogP contribution is -2.51. The van der Waals surface area contributed by atoms with Crippen molar-refractivity contribution in [1.82, 2.24) is 15.2 Å². The van der Waals surface area contributed by atoms with E-state index in [0.717, 1.165) is 50.4 Å². The van der Waals surface area contributed by atoms with Crippen molar-refractivity contribution in [3.63, 3.8) is 0 Å². The summed E-state index contributed by atoms with van der Waals surface area (Å²) in [4.78, 5) is 24.1. The van der Waals surface area contributed by atoms with Gasteiger partial charge in [-0.1, -0.05) is 31.0 Å². The maximum atomic E-state index is 12.9. The van der Waals surface area contributed by atoms with E-state index in [0.29, 0.717) is 6.54 Å². The van der Waals surface area contributed by atoms with E-state index in [-0.39, 0.29) is 12.1 Å². The lowest BCUT2D eigenvalue weighted by molar-refractivity contribution is 0.182. The van der Waals surface area contributed by atoms with Gasteiger partial charge in [0.05, 0.1) is 6.04 Å². The highest BCUT2D eigenvalue weighted by atomic mass is 16.2. The van der Waals surface area contributed by atoms with Crippen LogP contribution in [-0.2, 0) is 6.54 Å². The lowest BCUT2D eigenvalue weighted by atomic mass is 10.0. The van der Waals surface area contributed by atoms with E-state index in [2.05, 4.69) is 50.4 Å². The molecule has 3 heterocycles. The van der Waals surface area contributed by atoms with Gasteiger partial charge in [-0.05, 0) is 55.5 Å². The highest BCUT2D eigenvalue weighted by molar-refractivity contribution is 5.74. The molecule has 1 aromatic heterocycles. The first-order valence-corrected chi connectivity index (χ1v) is 11.7. The number of nitrogens with zero attached hydrogens (tertiary/aromatic N) is 4. The molecule has 1 aromatic carbocycles. The maximum Gasteiger partial charge on any atom is 0.317 e. The molecule has 1 unspecified atom stereocenters. The van der Waals surface area contributed by atoms with E-state index >= 15 is 0 Å². The number of benzene rings is 1. The number of likely N-dealkylation sites (N-methyl/N-ethyl adjacent to an activating group) is 1. The van der Waals surface area contributed by atoms with Gasteiger partial charge in [-0.2, -0.15) is 0 Å². The Morgan fingerprint density at radius 1 is 1.03 bits per heavy atom. The Labute approximate surface area is 186 Å². The molecule has 166 valence electrons. The molecule has 2 amide bonds. The van der Waals surface area contributed by atoms with Crippen molar-refractivity contribution in [2.45, 2.75) is 51.1 Å². The highest BCUT2D eigenvalue weighted by Crippen LogP contribution is 2.22. The molecule has 1 atom stereocenters. The molecule has 2 aromatic rings. The highest BCUT2D eigenvalue weighted by Gasteiger charge is 2.26. The molecular formula is C25H35N5O. The minimum atomic E-state index is -0.00644. The average Bonchev–Trinajstić information content (AvgIpc) is 3.13. The number of anilines is 2. The Balaban J connectivity index is 1.31. The van der Waals surface area contributed by atoms with Crippen molar-refractivity contribution in [3.05, 3.63) is 54.2 Å². The van der Waals surface area contributed by atoms with Crippen LogP contribution >= 0.6 is 0 Å². The molecule has 6 heteroatoms. The number of carbonyl (C=O) groups is 1. The predicted octanol–water partition coefficient (Wildman–Crippen LogP) is 4.27. The Morgan fingerprint density at radius 2 is 1.77 bits per heavy atom. The molecular weight excluding hydrogens is 386 g/mol. The molecule has 1 N–H and O–H groups in total. The molecule has 4 rings (SSSR count). The Bertz CT molecular complexity index is 835. The van der Waals surface area contributed by atoms with Crippen molar-refractivity contribution in [1.29, 1.82) is 0 Å². The molecule has 0 aliphatic carbocycles. The van der Waals surface area contributed by atoms with Crippen LogP contribution in [0.1, 0.15) is 44.1 Å². The monoisotopic (exact) mass is 421 g/mol. The van der Waals surface area contributed by atoms with E-state index in [1.165, 1.54) is 31.4 Å². The van der Waals surface area contributed by atoms with E-state index in [9.17, 15) is 4.79 Å². The maximum absolute atomic E-state index is 12.9. The van der Waals surface area contributed by atoms with Crippen molar-refractivity contribution < 1.29 is 4.79 Å². The van der Waals surface area contributed by atoms with Gasteiger partial charge in [0.2, 0.25) is 0 Å². The van der Waals surface area contributed by atoms with Gasteiger partial charge in [0.15, 0.2) is 0 Å². The van der Waals surface area contributed by atoms with Crippen LogP contribution in [0.2, 0.25) is 0 Å². The quantitative estimate of drug-likeness (QED) is 0.783. The summed E-state index contributed by atoms with van der Waals surface area (Å²) < 4.78 is 0. The summed E-state index contributed by atoms with van der Waals surface area (Å²) in [6.45, 7) is 4.60. The van der Waals surface area contributed by atoms with Crippen LogP contribution in [0.3, 0.4) is 0 Å². The minimum Gasteiger partial charge on any atom is -0.369 e. The van der Waals surface area contributed by atoms with E-state index in [4.69, 9.17) is 0 Å². The summed E-state index contributed by atoms with van der Waals surface area (Å²) in [5.41, 5.74) is 2.34. The first-order valence-electron chi connectivity index (χ1n) is 11.7. The van der Waals surface area contributed by atoms with Crippen molar-refractivity contribution >= 4 is 17.5 Å². The van der Waals surface area contributed by atoms with Gasteiger partial charge in [0.1, 0.15) is 5.82 Å². The number of pyridine rings is 1. The van der Waals surface area contributed by atoms with Gasteiger partial charge in [-0.25, -0.2) is 9.78 Å². The predicted molar refractivity (Wildman–Crippen MR) is 127 cm³/mol. The van der Waals surface area contributed by atoms with Crippen molar-refractivity contribution in [2.75, 3.05) is 43.0 Å². The molecule has 2 aliphatic rings. The summed E-state index contributed by atoms with van der Waals surface area (Å²) in [6.07, 6.45) is 9.08. The SMILES string of the molecule is CN(C(=O)NCc1ccnc(N2CCCCCC2)c1)C1CCCN(c2ccccc2)C1. The van der Waals surface area contributed by atoms with Crippen LogP contribution in [0.4, 0.5) is 16.3 Å². The Hall–Kier alpha value is -2.76. The molecule has 0 spiro atoms. The van der Waals surface area contributed by atoms with Gasteiger partial charge >= 0.3 is 6.03 Å². The van der Waals surface area contributed by atoms with Gasteiger partial charge in [0, 0.05) is 51.7 Å². The van der Waals surface area contributed by atoms with Crippen LogP contribution in [0.5, 0.6) is 0 Å². The topological polar surface area (TPSA) is 51.7 Å². The molecule has 0 saturated carbocycles. The van der Waals surface area contributed by atoms with Gasteiger partial charge in [-0.3, -0.25) is 0 Å². The normalized spacial score (nSPS) is 19.6. The second-order valence-corrected chi connectivity index (χ2v) is 8.77. The largest absolute Gasteiger partial charge is 0.369 e. The van der Waals surface area contributed by atoms with Crippen molar-refractivity contribution in [2.24, 2.45) is 0 Å². The second-order valence-electron chi connectivity index (χ2n) is 8.77. The van der Waals surface area contributed by atoms with Crippen LogP contribution in [-0.4, -0.2) is 55.2 Å². The molecule has 6 nitrogen and oxygen atoms in total. The molecule has 2 aliphatic heterocycles. The number of urea groups is 1. The number of amides is 2. The second kappa shape index (κ2) is 10.5. The third kappa shape index (κ3) is 5.69. The summed E-state index contributed by atoms with van der Waals surface area (Å²) in [7, 11) is 1.92. The first kappa shape index (κ1) is 21.5. The zero-order valence-corrected chi connectivity index (χ0v) is 18.7. The lowest BCUT2D eigenvalue weighted by Gasteiger charge is -2.38. The number of hydrogen-bond donors (Lipinski definition) is 1. The van der Waals surface area contributed by atoms with Gasteiger partial charge < -0.3 is 20.0 Å². The number of aromatic nitrogens is 1. The standard InChI is InChI=1S/C25H35N5O/c1-28(23-12-9-17-30(20-23)22-10-5-4-6-11-22)25(31)27-19-21-13-14-26-24(18-21)29-15-7-2-3-8-16-29/h4-6,10-11,13-14,18,23H,2-3,7-9,12,15-17,19-20H2,1H3,(H,27,31). The fraction of sp³-hybridized carbons (Fsp3) is 0.520. The van der Waals surface area contributed by atoms with Gasteiger partial charge in [0.25, 0.3) is 0 Å². The van der Waals surface area contributed by atoms with Crippen LogP contribution in [0, 0.1) is 0 Å². The van der Waals surface area contributed by atoms with E-state index < -0.39 is 0 Å². The summed E-state index contributed by atoms with van der Waals surface area (Å²) in [5, 5.41) is 3.12. The molecule has 2 saturated heterocycles. The molecule has 0 radical (unpaired) electrons.